The molecule has 2 aromatic rings. The zero-order chi connectivity index (χ0) is 13.1. The molecule has 92 valence electrons. The van der Waals surface area contributed by atoms with E-state index in [1.807, 2.05) is 0 Å². The number of primary amides is 1. The first-order valence-corrected chi connectivity index (χ1v) is 6.06. The summed E-state index contributed by atoms with van der Waals surface area (Å²) in [5.74, 6) is -1.11. The molecule has 0 atom stereocenters. The molecular weight excluding hydrogens is 272 g/mol. The van der Waals surface area contributed by atoms with Gasteiger partial charge in [-0.15, -0.1) is 5.10 Å². The van der Waals surface area contributed by atoms with Crippen molar-refractivity contribution in [1.82, 2.24) is 10.2 Å². The van der Waals surface area contributed by atoms with Crippen LogP contribution in [0.5, 0.6) is 0 Å². The van der Waals surface area contributed by atoms with E-state index in [0.29, 0.717) is 9.09 Å². The number of aromatic nitrogens is 2. The van der Waals surface area contributed by atoms with Crippen molar-refractivity contribution in [1.29, 1.82) is 0 Å². The fraction of sp³-hybridized carbons (Fsp3) is 0. The number of carbonyl (C=O) groups is 2. The van der Waals surface area contributed by atoms with Gasteiger partial charge in [-0.1, -0.05) is 23.5 Å². The number of hydrogen-bond acceptors (Lipinski definition) is 5. The minimum atomic E-state index is -0.657. The summed E-state index contributed by atoms with van der Waals surface area (Å²) >= 11 is 5.97. The number of anilines is 1. The molecule has 2 rings (SSSR count). The largest absolute Gasteiger partial charge is 0.366 e. The van der Waals surface area contributed by atoms with Crippen molar-refractivity contribution >= 4 is 40.5 Å². The summed E-state index contributed by atoms with van der Waals surface area (Å²) in [5, 5.41) is 9.21. The number of nitrogens with zero attached hydrogens (tertiary/aromatic N) is 1. The van der Waals surface area contributed by atoms with Gasteiger partial charge in [0.15, 0.2) is 3.95 Å². The summed E-state index contributed by atoms with van der Waals surface area (Å²) in [4.78, 5) is 23.1. The number of H-pyrrole nitrogens is 1. The second-order valence-electron chi connectivity index (χ2n) is 3.28. The molecule has 1 heterocycles. The Hall–Kier alpha value is -2.06. The van der Waals surface area contributed by atoms with Crippen LogP contribution < -0.4 is 11.1 Å². The number of benzene rings is 1. The third-order valence-corrected chi connectivity index (χ3v) is 3.10. The van der Waals surface area contributed by atoms with E-state index >= 15 is 0 Å². The van der Waals surface area contributed by atoms with Gasteiger partial charge >= 0.3 is 0 Å². The van der Waals surface area contributed by atoms with Crippen molar-refractivity contribution in [3.8, 4) is 0 Å². The fourth-order valence-electron chi connectivity index (χ4n) is 1.34. The molecule has 0 aliphatic carbocycles. The molecule has 4 N–H and O–H groups in total. The van der Waals surface area contributed by atoms with E-state index in [4.69, 9.17) is 18.0 Å². The molecule has 0 fully saturated rings. The molecule has 8 heteroatoms. The molecule has 0 aliphatic rings. The van der Waals surface area contributed by atoms with Crippen LogP contribution in [0.15, 0.2) is 24.3 Å². The van der Waals surface area contributed by atoms with E-state index in [1.54, 1.807) is 12.1 Å². The lowest BCUT2D eigenvalue weighted by molar-refractivity contribution is 0.0977. The van der Waals surface area contributed by atoms with Gasteiger partial charge in [0.25, 0.3) is 5.91 Å². The van der Waals surface area contributed by atoms with Gasteiger partial charge in [0, 0.05) is 0 Å². The number of nitrogens with two attached hydrogens (primary N) is 1. The Kier molecular flexibility index (Phi) is 3.49. The van der Waals surface area contributed by atoms with Gasteiger partial charge < -0.3 is 5.73 Å². The average Bonchev–Trinajstić information content (AvgIpc) is 2.74. The molecule has 0 aliphatic heterocycles. The van der Waals surface area contributed by atoms with Gasteiger partial charge in [-0.3, -0.25) is 20.0 Å². The van der Waals surface area contributed by atoms with Crippen LogP contribution in [0, 0.1) is 3.95 Å². The van der Waals surface area contributed by atoms with Gasteiger partial charge in [0.2, 0.25) is 11.0 Å². The molecule has 0 spiro atoms. The summed E-state index contributed by atoms with van der Waals surface area (Å²) in [6.07, 6.45) is 0. The normalized spacial score (nSPS) is 10.0. The van der Waals surface area contributed by atoms with Crippen molar-refractivity contribution < 1.29 is 9.59 Å². The molecule has 0 radical (unpaired) electrons. The molecule has 2 amide bonds. The van der Waals surface area contributed by atoms with Crippen LogP contribution in [-0.2, 0) is 0 Å². The molecule has 18 heavy (non-hydrogen) atoms. The standard InChI is InChI=1S/C10H8N4O2S2/c11-7(15)5-3-1-2-4-6(5)8(16)12-9-13-14-10(17)18-9/h1-4H,(H2,11,15)(H,14,17)(H,12,13,16). The summed E-state index contributed by atoms with van der Waals surface area (Å²) in [6, 6.07) is 6.29. The Balaban J connectivity index is 2.29. The molecule has 1 aromatic carbocycles. The van der Waals surface area contributed by atoms with E-state index in [0.717, 1.165) is 11.3 Å². The zero-order valence-corrected chi connectivity index (χ0v) is 10.6. The van der Waals surface area contributed by atoms with E-state index in [9.17, 15) is 9.59 Å². The minimum Gasteiger partial charge on any atom is -0.366 e. The third kappa shape index (κ3) is 2.60. The molecule has 0 bridgehead atoms. The number of rotatable bonds is 3. The maximum absolute atomic E-state index is 11.9. The predicted molar refractivity (Wildman–Crippen MR) is 70.2 cm³/mol. The Labute approximate surface area is 111 Å². The second kappa shape index (κ2) is 5.07. The topological polar surface area (TPSA) is 101 Å². The smallest absolute Gasteiger partial charge is 0.258 e. The number of hydrogen-bond donors (Lipinski definition) is 3. The average molecular weight is 280 g/mol. The lowest BCUT2D eigenvalue weighted by Crippen LogP contribution is -2.20. The van der Waals surface area contributed by atoms with Crippen molar-refractivity contribution in [2.45, 2.75) is 0 Å². The quantitative estimate of drug-likeness (QED) is 0.742. The molecule has 6 nitrogen and oxygen atoms in total. The van der Waals surface area contributed by atoms with Crippen molar-refractivity contribution in [2.75, 3.05) is 5.32 Å². The first-order valence-electron chi connectivity index (χ1n) is 4.83. The van der Waals surface area contributed by atoms with E-state index in [2.05, 4.69) is 15.5 Å². The zero-order valence-electron chi connectivity index (χ0n) is 8.97. The minimum absolute atomic E-state index is 0.161. The monoisotopic (exact) mass is 280 g/mol. The first-order chi connectivity index (χ1) is 8.58. The Morgan fingerprint density at radius 2 is 2.00 bits per heavy atom. The van der Waals surface area contributed by atoms with Gasteiger partial charge in [-0.05, 0) is 24.4 Å². The van der Waals surface area contributed by atoms with Crippen molar-refractivity contribution in [3.63, 3.8) is 0 Å². The molecule has 1 aromatic heterocycles. The number of nitrogens with one attached hydrogen (secondary N) is 2. The van der Waals surface area contributed by atoms with Crippen molar-refractivity contribution in [3.05, 3.63) is 39.3 Å². The van der Waals surface area contributed by atoms with Crippen LogP contribution in [0.1, 0.15) is 20.7 Å². The Bertz CT molecular complexity index is 662. The second-order valence-corrected chi connectivity index (χ2v) is 4.95. The SMILES string of the molecule is NC(=O)c1ccccc1C(=O)Nc1n[nH]c(=S)s1. The molecular formula is C10H8N4O2S2. The number of aromatic amines is 1. The highest BCUT2D eigenvalue weighted by molar-refractivity contribution is 7.73. The van der Waals surface area contributed by atoms with E-state index < -0.39 is 11.8 Å². The van der Waals surface area contributed by atoms with Crippen LogP contribution in [0.4, 0.5) is 5.13 Å². The Morgan fingerprint density at radius 1 is 1.33 bits per heavy atom. The number of carbonyl (C=O) groups excluding carboxylic acids is 2. The first kappa shape index (κ1) is 12.4. The number of amides is 2. The molecule has 0 saturated carbocycles. The van der Waals surface area contributed by atoms with Crippen LogP contribution in [-0.4, -0.2) is 22.0 Å². The van der Waals surface area contributed by atoms with Crippen LogP contribution in [0.3, 0.4) is 0 Å². The van der Waals surface area contributed by atoms with Gasteiger partial charge in [-0.25, -0.2) is 0 Å². The van der Waals surface area contributed by atoms with Gasteiger partial charge in [-0.2, -0.15) is 0 Å². The predicted octanol–water partition coefficient (Wildman–Crippen LogP) is 1.55. The van der Waals surface area contributed by atoms with E-state index in [-0.39, 0.29) is 11.1 Å². The molecule has 0 saturated heterocycles. The van der Waals surface area contributed by atoms with Crippen LogP contribution >= 0.6 is 23.6 Å². The van der Waals surface area contributed by atoms with E-state index in [1.165, 1.54) is 12.1 Å². The highest BCUT2D eigenvalue weighted by Crippen LogP contribution is 2.14. The third-order valence-electron chi connectivity index (χ3n) is 2.10. The highest BCUT2D eigenvalue weighted by atomic mass is 32.1. The highest BCUT2D eigenvalue weighted by Gasteiger charge is 2.15. The Morgan fingerprint density at radius 3 is 2.56 bits per heavy atom. The van der Waals surface area contributed by atoms with Crippen LogP contribution in [0.2, 0.25) is 0 Å². The molecule has 0 unspecified atom stereocenters. The summed E-state index contributed by atoms with van der Waals surface area (Å²) in [6.45, 7) is 0. The van der Waals surface area contributed by atoms with Crippen molar-refractivity contribution in [2.24, 2.45) is 5.73 Å². The summed E-state index contributed by atoms with van der Waals surface area (Å²) < 4.78 is 0.452. The maximum Gasteiger partial charge on any atom is 0.258 e. The summed E-state index contributed by atoms with van der Waals surface area (Å²) in [5.41, 5.74) is 5.56. The lowest BCUT2D eigenvalue weighted by atomic mass is 10.1. The van der Waals surface area contributed by atoms with Crippen LogP contribution in [0.25, 0.3) is 0 Å². The maximum atomic E-state index is 11.9. The van der Waals surface area contributed by atoms with Gasteiger partial charge in [0.05, 0.1) is 11.1 Å². The van der Waals surface area contributed by atoms with Gasteiger partial charge in [0.1, 0.15) is 0 Å². The lowest BCUT2D eigenvalue weighted by Gasteiger charge is -2.05. The fourth-order valence-corrected chi connectivity index (χ4v) is 2.13. The summed E-state index contributed by atoms with van der Waals surface area (Å²) in [7, 11) is 0.